The lowest BCUT2D eigenvalue weighted by molar-refractivity contribution is 0.565. The third-order valence-corrected chi connectivity index (χ3v) is 2.54. The minimum atomic E-state index is -0.413. The van der Waals surface area contributed by atoms with E-state index in [9.17, 15) is 4.79 Å². The number of hydrogen-bond acceptors (Lipinski definition) is 2. The molecule has 0 bridgehead atoms. The van der Waals surface area contributed by atoms with Crippen molar-refractivity contribution in [3.8, 4) is 11.3 Å². The molecule has 0 aliphatic heterocycles. The Balaban J connectivity index is 2.66. The number of benzene rings is 1. The number of hydrogen-bond donors (Lipinski definition) is 0. The van der Waals surface area contributed by atoms with E-state index in [2.05, 4.69) is 0 Å². The molecule has 0 aliphatic carbocycles. The Kier molecular flexibility index (Phi) is 2.80. The van der Waals surface area contributed by atoms with Crippen LogP contribution in [0.25, 0.3) is 11.3 Å². The van der Waals surface area contributed by atoms with Crippen LogP contribution in [0.2, 0.25) is 10.0 Å². The van der Waals surface area contributed by atoms with Crippen molar-refractivity contribution in [2.75, 3.05) is 0 Å². The molecule has 15 heavy (non-hydrogen) atoms. The molecule has 0 radical (unpaired) electrons. The van der Waals surface area contributed by atoms with Gasteiger partial charge in [-0.3, -0.25) is 4.79 Å². The van der Waals surface area contributed by atoms with Gasteiger partial charge in [0.25, 0.3) is 0 Å². The molecule has 1 aromatic carbocycles. The van der Waals surface area contributed by atoms with Gasteiger partial charge in [0.1, 0.15) is 16.3 Å². The summed E-state index contributed by atoms with van der Waals surface area (Å²) in [5, 5.41) is -0.00613. The molecule has 0 amide bonds. The summed E-state index contributed by atoms with van der Waals surface area (Å²) in [6.07, 6.45) is 1.19. The Labute approximate surface area is 96.1 Å². The molecular formula is C11H6Cl2O2. The van der Waals surface area contributed by atoms with Gasteiger partial charge >= 0.3 is 0 Å². The quantitative estimate of drug-likeness (QED) is 0.763. The summed E-state index contributed by atoms with van der Waals surface area (Å²) in [7, 11) is 0. The first kappa shape index (κ1) is 10.3. The van der Waals surface area contributed by atoms with E-state index in [1.165, 1.54) is 6.26 Å². The van der Waals surface area contributed by atoms with E-state index in [1.54, 1.807) is 12.1 Å². The van der Waals surface area contributed by atoms with Gasteiger partial charge in [-0.15, -0.1) is 0 Å². The molecule has 0 aliphatic rings. The van der Waals surface area contributed by atoms with Gasteiger partial charge in [-0.25, -0.2) is 0 Å². The van der Waals surface area contributed by atoms with E-state index in [-0.39, 0.29) is 10.0 Å². The van der Waals surface area contributed by atoms with Crippen molar-refractivity contribution in [3.05, 3.63) is 56.9 Å². The molecule has 2 nitrogen and oxygen atoms in total. The first-order valence-electron chi connectivity index (χ1n) is 4.22. The van der Waals surface area contributed by atoms with Crippen molar-refractivity contribution in [3.63, 3.8) is 0 Å². The summed E-state index contributed by atoms with van der Waals surface area (Å²) in [5.41, 5.74) is 0.333. The molecule has 0 unspecified atom stereocenters. The maximum atomic E-state index is 11.4. The molecule has 0 fully saturated rings. The summed E-state index contributed by atoms with van der Waals surface area (Å²) in [4.78, 5) is 11.4. The molecule has 0 saturated carbocycles. The molecule has 1 heterocycles. The predicted octanol–water partition coefficient (Wildman–Crippen LogP) is 3.61. The van der Waals surface area contributed by atoms with Crippen LogP contribution in [0, 0.1) is 0 Å². The second-order valence-corrected chi connectivity index (χ2v) is 3.71. The fraction of sp³-hybridized carbons (Fsp3) is 0. The van der Waals surface area contributed by atoms with E-state index >= 15 is 0 Å². The summed E-state index contributed by atoms with van der Waals surface area (Å²) in [6.45, 7) is 0. The van der Waals surface area contributed by atoms with Crippen LogP contribution in [-0.4, -0.2) is 0 Å². The Hall–Kier alpha value is -1.25. The van der Waals surface area contributed by atoms with Crippen LogP contribution in [0.3, 0.4) is 0 Å². The first-order chi connectivity index (χ1) is 7.20. The normalized spacial score (nSPS) is 10.3. The molecule has 2 aromatic rings. The highest BCUT2D eigenvalue weighted by Crippen LogP contribution is 2.26. The van der Waals surface area contributed by atoms with Gasteiger partial charge in [-0.1, -0.05) is 53.5 Å². The maximum Gasteiger partial charge on any atom is 0.222 e. The van der Waals surface area contributed by atoms with Crippen molar-refractivity contribution >= 4 is 23.2 Å². The summed E-state index contributed by atoms with van der Waals surface area (Å²) >= 11 is 11.4. The average Bonchev–Trinajstić information content (AvgIpc) is 2.27. The summed E-state index contributed by atoms with van der Waals surface area (Å²) < 4.78 is 5.19. The standard InChI is InChI=1S/C11H6Cl2O2/c12-8-6-15-11(9(13)10(8)14)7-4-2-1-3-5-7/h1-6H. The third kappa shape index (κ3) is 1.91. The van der Waals surface area contributed by atoms with Crippen molar-refractivity contribution in [2.24, 2.45) is 0 Å². The first-order valence-corrected chi connectivity index (χ1v) is 4.98. The zero-order valence-electron chi connectivity index (χ0n) is 7.54. The molecule has 0 saturated heterocycles. The van der Waals surface area contributed by atoms with Crippen LogP contribution in [0.15, 0.2) is 45.8 Å². The summed E-state index contributed by atoms with van der Waals surface area (Å²) in [5.74, 6) is 0.340. The Morgan fingerprint density at radius 3 is 2.40 bits per heavy atom. The molecule has 76 valence electrons. The zero-order chi connectivity index (χ0) is 10.8. The monoisotopic (exact) mass is 240 g/mol. The lowest BCUT2D eigenvalue weighted by Crippen LogP contribution is -2.02. The highest BCUT2D eigenvalue weighted by atomic mass is 35.5. The molecule has 0 N–H and O–H groups in total. The predicted molar refractivity (Wildman–Crippen MR) is 60.4 cm³/mol. The third-order valence-electron chi connectivity index (χ3n) is 1.93. The van der Waals surface area contributed by atoms with E-state index < -0.39 is 5.43 Å². The Morgan fingerprint density at radius 2 is 1.73 bits per heavy atom. The minimum absolute atomic E-state index is 0.00806. The van der Waals surface area contributed by atoms with E-state index in [0.717, 1.165) is 5.56 Å². The SMILES string of the molecule is O=c1c(Cl)coc(-c2ccccc2)c1Cl. The molecular weight excluding hydrogens is 235 g/mol. The van der Waals surface area contributed by atoms with Crippen LogP contribution in [0.5, 0.6) is 0 Å². The van der Waals surface area contributed by atoms with Gasteiger partial charge in [-0.05, 0) is 0 Å². The van der Waals surface area contributed by atoms with Crippen molar-refractivity contribution < 1.29 is 4.42 Å². The average molecular weight is 241 g/mol. The Morgan fingerprint density at radius 1 is 1.07 bits per heavy atom. The van der Waals surface area contributed by atoms with Gasteiger partial charge in [0.15, 0.2) is 5.76 Å². The van der Waals surface area contributed by atoms with E-state index in [0.29, 0.717) is 5.76 Å². The molecule has 1 aromatic heterocycles. The van der Waals surface area contributed by atoms with Crippen LogP contribution < -0.4 is 5.43 Å². The molecule has 0 spiro atoms. The Bertz CT molecular complexity index is 532. The number of rotatable bonds is 1. The van der Waals surface area contributed by atoms with Gasteiger partial charge in [0.05, 0.1) is 0 Å². The lowest BCUT2D eigenvalue weighted by atomic mass is 10.1. The second kappa shape index (κ2) is 4.09. The van der Waals surface area contributed by atoms with Crippen LogP contribution in [0.4, 0.5) is 0 Å². The molecule has 2 rings (SSSR count). The second-order valence-electron chi connectivity index (χ2n) is 2.92. The van der Waals surface area contributed by atoms with Gasteiger partial charge in [0, 0.05) is 5.56 Å². The number of halogens is 2. The lowest BCUT2D eigenvalue weighted by Gasteiger charge is -2.02. The largest absolute Gasteiger partial charge is 0.461 e. The van der Waals surface area contributed by atoms with E-state index in [4.69, 9.17) is 27.6 Å². The minimum Gasteiger partial charge on any atom is -0.461 e. The topological polar surface area (TPSA) is 30.2 Å². The smallest absolute Gasteiger partial charge is 0.222 e. The van der Waals surface area contributed by atoms with E-state index in [1.807, 2.05) is 18.2 Å². The van der Waals surface area contributed by atoms with Crippen LogP contribution in [0.1, 0.15) is 0 Å². The molecule has 0 atom stereocenters. The highest BCUT2D eigenvalue weighted by Gasteiger charge is 2.11. The van der Waals surface area contributed by atoms with Gasteiger partial charge in [-0.2, -0.15) is 0 Å². The fourth-order valence-electron chi connectivity index (χ4n) is 1.21. The van der Waals surface area contributed by atoms with Crippen molar-refractivity contribution in [1.82, 2.24) is 0 Å². The highest BCUT2D eigenvalue weighted by molar-refractivity contribution is 6.35. The van der Waals surface area contributed by atoms with Gasteiger partial charge in [0.2, 0.25) is 5.43 Å². The maximum absolute atomic E-state index is 11.4. The van der Waals surface area contributed by atoms with Gasteiger partial charge < -0.3 is 4.42 Å². The van der Waals surface area contributed by atoms with Crippen LogP contribution >= 0.6 is 23.2 Å². The van der Waals surface area contributed by atoms with Crippen molar-refractivity contribution in [1.29, 1.82) is 0 Å². The van der Waals surface area contributed by atoms with Crippen LogP contribution in [-0.2, 0) is 0 Å². The zero-order valence-corrected chi connectivity index (χ0v) is 9.05. The molecule has 4 heteroatoms. The van der Waals surface area contributed by atoms with Crippen molar-refractivity contribution in [2.45, 2.75) is 0 Å². The summed E-state index contributed by atoms with van der Waals surface area (Å²) in [6, 6.07) is 9.14. The fourth-order valence-corrected chi connectivity index (χ4v) is 1.65.